The molecule has 0 bridgehead atoms. The summed E-state index contributed by atoms with van der Waals surface area (Å²) in [7, 11) is -3.95. The van der Waals surface area contributed by atoms with Crippen LogP contribution < -0.4 is 10.5 Å². The molecule has 144 valence electrons. The van der Waals surface area contributed by atoms with Crippen molar-refractivity contribution in [3.8, 4) is 0 Å². The van der Waals surface area contributed by atoms with Crippen molar-refractivity contribution >= 4 is 38.9 Å². The monoisotopic (exact) mass is 416 g/mol. The molecule has 0 fully saturated rings. The second-order valence-electron chi connectivity index (χ2n) is 6.22. The second kappa shape index (κ2) is 7.57. The summed E-state index contributed by atoms with van der Waals surface area (Å²) in [6, 6.07) is 8.80. The number of ketones is 1. The summed E-state index contributed by atoms with van der Waals surface area (Å²) in [6.07, 6.45) is 2.89. The SMILES string of the molecule is Cc1cnc(C(=O)c2ccnc(N)c2)c(NS(=O)(=O)c2ccc(Cl)c(C)c2)c1. The molecule has 3 N–H and O–H groups in total. The van der Waals surface area contributed by atoms with Crippen LogP contribution in [0.3, 0.4) is 0 Å². The number of nitrogens with one attached hydrogen (secondary N) is 1. The van der Waals surface area contributed by atoms with Crippen molar-refractivity contribution in [3.05, 3.63) is 76.2 Å². The van der Waals surface area contributed by atoms with E-state index in [1.807, 2.05) is 0 Å². The van der Waals surface area contributed by atoms with E-state index in [2.05, 4.69) is 14.7 Å². The average molecular weight is 417 g/mol. The zero-order valence-corrected chi connectivity index (χ0v) is 16.7. The number of nitrogens with zero attached hydrogens (tertiary/aromatic N) is 2. The lowest BCUT2D eigenvalue weighted by molar-refractivity contribution is 0.103. The van der Waals surface area contributed by atoms with Crippen molar-refractivity contribution in [1.29, 1.82) is 0 Å². The fourth-order valence-electron chi connectivity index (χ4n) is 2.54. The van der Waals surface area contributed by atoms with Crippen LogP contribution in [0.4, 0.5) is 11.5 Å². The van der Waals surface area contributed by atoms with Gasteiger partial charge in [-0.25, -0.2) is 13.4 Å². The van der Waals surface area contributed by atoms with Crippen LogP contribution in [0.5, 0.6) is 0 Å². The van der Waals surface area contributed by atoms with Gasteiger partial charge in [-0.15, -0.1) is 0 Å². The Labute approximate surface area is 167 Å². The highest BCUT2D eigenvalue weighted by atomic mass is 35.5. The molecule has 0 aliphatic rings. The number of halogens is 1. The molecule has 0 saturated heterocycles. The number of pyridine rings is 2. The Bertz CT molecular complexity index is 1180. The minimum Gasteiger partial charge on any atom is -0.384 e. The van der Waals surface area contributed by atoms with Gasteiger partial charge in [0.2, 0.25) is 5.78 Å². The van der Waals surface area contributed by atoms with Gasteiger partial charge in [0, 0.05) is 23.0 Å². The van der Waals surface area contributed by atoms with Crippen LogP contribution in [0.2, 0.25) is 5.02 Å². The number of anilines is 2. The lowest BCUT2D eigenvalue weighted by Gasteiger charge is -2.13. The molecule has 0 saturated carbocycles. The third-order valence-corrected chi connectivity index (χ3v) is 5.75. The van der Waals surface area contributed by atoms with E-state index in [0.29, 0.717) is 16.1 Å². The van der Waals surface area contributed by atoms with Crippen LogP contribution in [-0.2, 0) is 10.0 Å². The fraction of sp³-hybridized carbons (Fsp3) is 0.105. The van der Waals surface area contributed by atoms with Crippen LogP contribution in [0, 0.1) is 13.8 Å². The molecule has 7 nitrogen and oxygen atoms in total. The van der Waals surface area contributed by atoms with Gasteiger partial charge in [0.1, 0.15) is 11.5 Å². The zero-order chi connectivity index (χ0) is 20.5. The molecule has 0 aliphatic heterocycles. The van der Waals surface area contributed by atoms with E-state index in [9.17, 15) is 13.2 Å². The van der Waals surface area contributed by atoms with Gasteiger partial charge in [0.05, 0.1) is 10.6 Å². The standard InChI is InChI=1S/C19H17ClN4O3S/c1-11-7-16(24-28(26,27)14-3-4-15(20)12(2)8-14)18(23-10-11)19(25)13-5-6-22-17(21)9-13/h3-10,24H,1-2H3,(H2,21,22). The van der Waals surface area contributed by atoms with Gasteiger partial charge in [-0.2, -0.15) is 0 Å². The first-order valence-electron chi connectivity index (χ1n) is 8.19. The number of hydrogen-bond acceptors (Lipinski definition) is 6. The first-order chi connectivity index (χ1) is 13.2. The Morgan fingerprint density at radius 2 is 1.86 bits per heavy atom. The second-order valence-corrected chi connectivity index (χ2v) is 8.31. The molecule has 2 heterocycles. The Balaban J connectivity index is 2.03. The summed E-state index contributed by atoms with van der Waals surface area (Å²) in [5.74, 6) is -0.296. The predicted molar refractivity (Wildman–Crippen MR) is 108 cm³/mol. The predicted octanol–water partition coefficient (Wildman–Crippen LogP) is 3.36. The molecular weight excluding hydrogens is 400 g/mol. The third kappa shape index (κ3) is 4.13. The maximum Gasteiger partial charge on any atom is 0.261 e. The summed E-state index contributed by atoms with van der Waals surface area (Å²) in [4.78, 5) is 20.9. The van der Waals surface area contributed by atoms with Crippen LogP contribution in [0.25, 0.3) is 0 Å². The van der Waals surface area contributed by atoms with Crippen LogP contribution in [-0.4, -0.2) is 24.2 Å². The maximum atomic E-state index is 12.9. The lowest BCUT2D eigenvalue weighted by Crippen LogP contribution is -2.17. The number of sulfonamides is 1. The van der Waals surface area contributed by atoms with E-state index in [1.54, 1.807) is 19.9 Å². The highest BCUT2D eigenvalue weighted by Gasteiger charge is 2.22. The Morgan fingerprint density at radius 1 is 1.11 bits per heavy atom. The largest absolute Gasteiger partial charge is 0.384 e. The van der Waals surface area contributed by atoms with Crippen molar-refractivity contribution in [2.24, 2.45) is 0 Å². The number of benzene rings is 1. The first-order valence-corrected chi connectivity index (χ1v) is 10.1. The summed E-state index contributed by atoms with van der Waals surface area (Å²) in [5.41, 5.74) is 7.24. The number of carbonyl (C=O) groups is 1. The third-order valence-electron chi connectivity index (χ3n) is 3.97. The smallest absolute Gasteiger partial charge is 0.261 e. The molecule has 28 heavy (non-hydrogen) atoms. The Hall–Kier alpha value is -2.97. The van der Waals surface area contributed by atoms with Gasteiger partial charge >= 0.3 is 0 Å². The van der Waals surface area contributed by atoms with Crippen LogP contribution in [0.15, 0.2) is 53.7 Å². The minimum atomic E-state index is -3.95. The van der Waals surface area contributed by atoms with Gasteiger partial charge in [-0.3, -0.25) is 14.5 Å². The Morgan fingerprint density at radius 3 is 2.54 bits per heavy atom. The van der Waals surface area contributed by atoms with Gasteiger partial charge in [-0.1, -0.05) is 11.6 Å². The minimum absolute atomic E-state index is 0.0301. The summed E-state index contributed by atoms with van der Waals surface area (Å²) < 4.78 is 28.1. The number of hydrogen-bond donors (Lipinski definition) is 2. The van der Waals surface area contributed by atoms with E-state index in [4.69, 9.17) is 17.3 Å². The number of nitrogen functional groups attached to an aromatic ring is 1. The number of aromatic nitrogens is 2. The molecule has 0 atom stereocenters. The van der Waals surface area contributed by atoms with E-state index in [0.717, 1.165) is 0 Å². The molecule has 0 aliphatic carbocycles. The molecule has 0 unspecified atom stereocenters. The number of rotatable bonds is 5. The molecule has 0 radical (unpaired) electrons. The average Bonchev–Trinajstić information content (AvgIpc) is 2.63. The van der Waals surface area contributed by atoms with Crippen molar-refractivity contribution in [3.63, 3.8) is 0 Å². The summed E-state index contributed by atoms with van der Waals surface area (Å²) in [6.45, 7) is 3.45. The fourth-order valence-corrected chi connectivity index (χ4v) is 3.80. The lowest BCUT2D eigenvalue weighted by atomic mass is 10.1. The number of aryl methyl sites for hydroxylation is 2. The highest BCUT2D eigenvalue weighted by Crippen LogP contribution is 2.25. The van der Waals surface area contributed by atoms with Crippen LogP contribution in [0.1, 0.15) is 27.2 Å². The topological polar surface area (TPSA) is 115 Å². The van der Waals surface area contributed by atoms with Crippen molar-refractivity contribution in [1.82, 2.24) is 9.97 Å². The zero-order valence-electron chi connectivity index (χ0n) is 15.1. The van der Waals surface area contributed by atoms with Gasteiger partial charge < -0.3 is 5.73 Å². The molecule has 3 aromatic rings. The highest BCUT2D eigenvalue weighted by molar-refractivity contribution is 7.92. The van der Waals surface area contributed by atoms with E-state index in [-0.39, 0.29) is 27.7 Å². The van der Waals surface area contributed by atoms with Gasteiger partial charge in [0.15, 0.2) is 0 Å². The quantitative estimate of drug-likeness (QED) is 0.616. The normalized spacial score (nSPS) is 11.2. The summed E-state index contributed by atoms with van der Waals surface area (Å²) >= 11 is 5.97. The Kier molecular flexibility index (Phi) is 5.35. The van der Waals surface area contributed by atoms with Crippen molar-refractivity contribution < 1.29 is 13.2 Å². The van der Waals surface area contributed by atoms with Crippen molar-refractivity contribution in [2.75, 3.05) is 10.5 Å². The maximum absolute atomic E-state index is 12.9. The number of carbonyl (C=O) groups excluding carboxylic acids is 1. The molecule has 2 aromatic heterocycles. The van der Waals surface area contributed by atoms with Crippen molar-refractivity contribution in [2.45, 2.75) is 18.7 Å². The van der Waals surface area contributed by atoms with Gasteiger partial charge in [0.25, 0.3) is 10.0 Å². The van der Waals surface area contributed by atoms with Crippen LogP contribution >= 0.6 is 11.6 Å². The van der Waals surface area contributed by atoms with Gasteiger partial charge in [-0.05, 0) is 61.4 Å². The number of nitrogens with two attached hydrogens (primary N) is 1. The molecule has 1 aromatic carbocycles. The molecule has 0 spiro atoms. The molecule has 9 heteroatoms. The summed E-state index contributed by atoms with van der Waals surface area (Å²) in [5, 5.41) is 0.460. The first kappa shape index (κ1) is 19.8. The molecule has 0 amide bonds. The van der Waals surface area contributed by atoms with E-state index >= 15 is 0 Å². The molecule has 3 rings (SSSR count). The molecular formula is C19H17ClN4O3S. The van der Waals surface area contributed by atoms with E-state index < -0.39 is 15.8 Å². The van der Waals surface area contributed by atoms with E-state index in [1.165, 1.54) is 42.7 Å².